The van der Waals surface area contributed by atoms with Gasteiger partial charge in [-0.3, -0.25) is 10.3 Å². The van der Waals surface area contributed by atoms with Crippen LogP contribution in [-0.4, -0.2) is 30.0 Å². The standard InChI is InChI=1S/C8H15N3S2/c1-12-6-4-3-5-10-8(13-2)11-7-9/h3-6H2,1-2H3,(H,10,11). The molecule has 3 nitrogen and oxygen atoms in total. The number of hydrogen-bond acceptors (Lipinski definition) is 4. The van der Waals surface area contributed by atoms with Gasteiger partial charge < -0.3 is 0 Å². The third-order valence-corrected chi connectivity index (χ3v) is 2.68. The highest BCUT2D eigenvalue weighted by Gasteiger charge is 1.93. The lowest BCUT2D eigenvalue weighted by Gasteiger charge is -1.99. The molecule has 0 saturated heterocycles. The van der Waals surface area contributed by atoms with Crippen molar-refractivity contribution in [2.75, 3.05) is 24.8 Å². The first kappa shape index (κ1) is 12.7. The highest BCUT2D eigenvalue weighted by molar-refractivity contribution is 8.13. The molecule has 0 aliphatic heterocycles. The van der Waals surface area contributed by atoms with Gasteiger partial charge in [-0.15, -0.1) is 0 Å². The highest BCUT2D eigenvalue weighted by atomic mass is 32.2. The van der Waals surface area contributed by atoms with E-state index in [4.69, 9.17) is 5.26 Å². The van der Waals surface area contributed by atoms with Gasteiger partial charge in [-0.05, 0) is 31.1 Å². The Balaban J connectivity index is 3.50. The van der Waals surface area contributed by atoms with E-state index < -0.39 is 0 Å². The summed E-state index contributed by atoms with van der Waals surface area (Å²) in [6, 6.07) is 0. The summed E-state index contributed by atoms with van der Waals surface area (Å²) in [5, 5.41) is 11.6. The minimum absolute atomic E-state index is 0.714. The first-order valence-corrected chi connectivity index (χ1v) is 6.69. The zero-order valence-electron chi connectivity index (χ0n) is 8.04. The summed E-state index contributed by atoms with van der Waals surface area (Å²) in [7, 11) is 0. The Bertz CT molecular complexity index is 186. The molecule has 13 heavy (non-hydrogen) atoms. The van der Waals surface area contributed by atoms with Crippen molar-refractivity contribution in [3.8, 4) is 6.19 Å². The molecule has 0 aromatic rings. The van der Waals surface area contributed by atoms with Gasteiger partial charge in [0.15, 0.2) is 11.4 Å². The summed E-state index contributed by atoms with van der Waals surface area (Å²) in [5.74, 6) is 1.19. The van der Waals surface area contributed by atoms with Gasteiger partial charge in [0.1, 0.15) is 0 Å². The second-order valence-electron chi connectivity index (χ2n) is 2.33. The van der Waals surface area contributed by atoms with Gasteiger partial charge in [-0.1, -0.05) is 11.8 Å². The summed E-state index contributed by atoms with van der Waals surface area (Å²) in [6.45, 7) is 0.811. The van der Waals surface area contributed by atoms with Crippen molar-refractivity contribution in [3.63, 3.8) is 0 Å². The summed E-state index contributed by atoms with van der Waals surface area (Å²) >= 11 is 3.32. The van der Waals surface area contributed by atoms with Crippen molar-refractivity contribution in [2.24, 2.45) is 4.99 Å². The molecule has 0 unspecified atom stereocenters. The normalized spacial score (nSPS) is 11.0. The molecule has 74 valence electrons. The summed E-state index contributed by atoms with van der Waals surface area (Å²) < 4.78 is 0. The minimum Gasteiger partial charge on any atom is -0.272 e. The molecule has 0 atom stereocenters. The van der Waals surface area contributed by atoms with Crippen LogP contribution in [0.5, 0.6) is 0 Å². The zero-order chi connectivity index (χ0) is 9.94. The van der Waals surface area contributed by atoms with Crippen LogP contribution in [0.4, 0.5) is 0 Å². The Hall–Kier alpha value is -0.340. The van der Waals surface area contributed by atoms with Crippen molar-refractivity contribution in [1.82, 2.24) is 5.32 Å². The van der Waals surface area contributed by atoms with Crippen LogP contribution in [0.2, 0.25) is 0 Å². The van der Waals surface area contributed by atoms with E-state index in [2.05, 4.69) is 16.6 Å². The van der Waals surface area contributed by atoms with Gasteiger partial charge in [-0.25, -0.2) is 0 Å². The molecule has 0 heterocycles. The molecule has 0 aliphatic carbocycles. The summed E-state index contributed by atoms with van der Waals surface area (Å²) in [5.41, 5.74) is 0. The molecule has 0 spiro atoms. The molecule has 0 rings (SSSR count). The molecule has 0 saturated carbocycles. The fourth-order valence-corrected chi connectivity index (χ4v) is 1.60. The smallest absolute Gasteiger partial charge is 0.183 e. The number of rotatable bonds is 5. The Morgan fingerprint density at radius 3 is 2.77 bits per heavy atom. The Labute approximate surface area is 88.4 Å². The van der Waals surface area contributed by atoms with Crippen LogP contribution in [0.25, 0.3) is 0 Å². The predicted molar refractivity (Wildman–Crippen MR) is 62.2 cm³/mol. The van der Waals surface area contributed by atoms with Crippen molar-refractivity contribution >= 4 is 28.7 Å². The van der Waals surface area contributed by atoms with Crippen LogP contribution < -0.4 is 5.32 Å². The molecule has 0 aromatic carbocycles. The molecule has 0 aromatic heterocycles. The largest absolute Gasteiger partial charge is 0.272 e. The molecule has 0 amide bonds. The van der Waals surface area contributed by atoms with E-state index in [0.717, 1.165) is 13.0 Å². The van der Waals surface area contributed by atoms with E-state index in [0.29, 0.717) is 5.17 Å². The summed E-state index contributed by atoms with van der Waals surface area (Å²) in [4.78, 5) is 4.24. The molecule has 1 N–H and O–H groups in total. The molecule has 0 aliphatic rings. The Morgan fingerprint density at radius 2 is 2.23 bits per heavy atom. The summed E-state index contributed by atoms with van der Waals surface area (Å²) in [6.07, 6.45) is 8.17. The first-order valence-electron chi connectivity index (χ1n) is 4.07. The van der Waals surface area contributed by atoms with Gasteiger partial charge in [0.05, 0.1) is 0 Å². The Kier molecular flexibility index (Phi) is 9.49. The number of thioether (sulfide) groups is 2. The highest BCUT2D eigenvalue weighted by Crippen LogP contribution is 2.00. The number of nitrogens with one attached hydrogen (secondary N) is 1. The van der Waals surface area contributed by atoms with Crippen LogP contribution in [0.15, 0.2) is 4.99 Å². The van der Waals surface area contributed by atoms with Crippen molar-refractivity contribution in [2.45, 2.75) is 12.8 Å². The molecule has 0 fully saturated rings. The van der Waals surface area contributed by atoms with E-state index in [1.54, 1.807) is 0 Å². The van der Waals surface area contributed by atoms with Gasteiger partial charge in [0.25, 0.3) is 0 Å². The van der Waals surface area contributed by atoms with Crippen molar-refractivity contribution in [1.29, 1.82) is 5.26 Å². The van der Waals surface area contributed by atoms with E-state index in [9.17, 15) is 0 Å². The predicted octanol–water partition coefficient (Wildman–Crippen LogP) is 1.92. The molecular weight excluding hydrogens is 202 g/mol. The van der Waals surface area contributed by atoms with E-state index in [1.807, 2.05) is 24.2 Å². The van der Waals surface area contributed by atoms with Crippen LogP contribution in [0.1, 0.15) is 12.8 Å². The second-order valence-corrected chi connectivity index (χ2v) is 4.11. The molecular formula is C8H15N3S2. The second kappa shape index (κ2) is 9.75. The van der Waals surface area contributed by atoms with E-state index in [1.165, 1.54) is 23.9 Å². The Morgan fingerprint density at radius 1 is 1.46 bits per heavy atom. The maximum atomic E-state index is 8.35. The average molecular weight is 217 g/mol. The van der Waals surface area contributed by atoms with Crippen LogP contribution in [-0.2, 0) is 0 Å². The minimum atomic E-state index is 0.714. The van der Waals surface area contributed by atoms with Gasteiger partial charge in [0.2, 0.25) is 0 Å². The van der Waals surface area contributed by atoms with E-state index in [-0.39, 0.29) is 0 Å². The third-order valence-electron chi connectivity index (χ3n) is 1.37. The lowest BCUT2D eigenvalue weighted by molar-refractivity contribution is 0.815. The number of nitrogens with zero attached hydrogens (tertiary/aromatic N) is 2. The van der Waals surface area contributed by atoms with Crippen LogP contribution in [0.3, 0.4) is 0 Å². The van der Waals surface area contributed by atoms with Gasteiger partial charge >= 0.3 is 0 Å². The topological polar surface area (TPSA) is 48.2 Å². The molecule has 0 radical (unpaired) electrons. The number of aliphatic imine (C=N–C) groups is 1. The first-order chi connectivity index (χ1) is 6.35. The number of amidine groups is 1. The molecule has 5 heteroatoms. The number of nitriles is 1. The van der Waals surface area contributed by atoms with Crippen molar-refractivity contribution < 1.29 is 0 Å². The van der Waals surface area contributed by atoms with Crippen LogP contribution >= 0.6 is 23.5 Å². The number of unbranched alkanes of at least 4 members (excludes halogenated alkanes) is 1. The average Bonchev–Trinajstić information content (AvgIpc) is 2.16. The lowest BCUT2D eigenvalue weighted by Crippen LogP contribution is -2.13. The maximum absolute atomic E-state index is 8.35. The quantitative estimate of drug-likeness (QED) is 0.251. The van der Waals surface area contributed by atoms with Crippen LogP contribution in [0, 0.1) is 11.5 Å². The van der Waals surface area contributed by atoms with Gasteiger partial charge in [-0.2, -0.15) is 17.0 Å². The van der Waals surface area contributed by atoms with Gasteiger partial charge in [0, 0.05) is 6.54 Å². The number of hydrogen-bond donors (Lipinski definition) is 1. The fourth-order valence-electron chi connectivity index (χ4n) is 0.742. The third kappa shape index (κ3) is 8.00. The SMILES string of the molecule is CSCCCCN=C(NC#N)SC. The zero-order valence-corrected chi connectivity index (χ0v) is 9.67. The van der Waals surface area contributed by atoms with Crippen molar-refractivity contribution in [3.05, 3.63) is 0 Å². The van der Waals surface area contributed by atoms with E-state index >= 15 is 0 Å². The fraction of sp³-hybridized carbons (Fsp3) is 0.750. The lowest BCUT2D eigenvalue weighted by atomic mass is 10.3. The monoisotopic (exact) mass is 217 g/mol. The molecule has 0 bridgehead atoms. The maximum Gasteiger partial charge on any atom is 0.183 e.